The number of fused-ring (bicyclic) bond motifs is 1. The number of anilines is 3. The Bertz CT molecular complexity index is 1210. The molecule has 2 atom stereocenters. The van der Waals surface area contributed by atoms with Gasteiger partial charge in [0.05, 0.1) is 23.0 Å². The monoisotopic (exact) mass is 501 g/mol. The molecule has 2 fully saturated rings. The zero-order valence-corrected chi connectivity index (χ0v) is 20.0. The highest BCUT2D eigenvalue weighted by molar-refractivity contribution is 6.33. The number of amides is 1. The average Bonchev–Trinajstić information content (AvgIpc) is 3.19. The van der Waals surface area contributed by atoms with Gasteiger partial charge in [0.2, 0.25) is 17.8 Å². The van der Waals surface area contributed by atoms with Gasteiger partial charge in [0.15, 0.2) is 5.65 Å². The van der Waals surface area contributed by atoms with E-state index in [4.69, 9.17) is 22.3 Å². The van der Waals surface area contributed by atoms with E-state index < -0.39 is 5.82 Å². The van der Waals surface area contributed by atoms with E-state index in [1.165, 1.54) is 6.07 Å². The number of nitrogens with zero attached hydrogens (tertiary/aromatic N) is 4. The molecule has 0 aliphatic heterocycles. The quantitative estimate of drug-likeness (QED) is 0.396. The van der Waals surface area contributed by atoms with Crippen LogP contribution in [0.2, 0.25) is 5.02 Å². The number of benzene rings is 1. The zero-order valence-electron chi connectivity index (χ0n) is 19.3. The van der Waals surface area contributed by atoms with Gasteiger partial charge in [-0.25, -0.2) is 14.4 Å². The lowest BCUT2D eigenvalue weighted by molar-refractivity contribution is -0.122. The Hall–Kier alpha value is -2.98. The minimum atomic E-state index is -0.488. The van der Waals surface area contributed by atoms with E-state index in [-0.39, 0.29) is 40.7 Å². The van der Waals surface area contributed by atoms with Gasteiger partial charge < -0.3 is 21.5 Å². The maximum Gasteiger partial charge on any atom is 0.224 e. The number of para-hydroxylation sites is 1. The number of rotatable bonds is 6. The first kappa shape index (κ1) is 23.7. The second-order valence-electron chi connectivity index (χ2n) is 9.50. The summed E-state index contributed by atoms with van der Waals surface area (Å²) in [5.74, 6) is -0.0482. The van der Waals surface area contributed by atoms with Crippen LogP contribution >= 0.6 is 11.6 Å². The van der Waals surface area contributed by atoms with Gasteiger partial charge in [-0.2, -0.15) is 4.98 Å². The number of carbonyl (C=O) groups excluding carboxylic acids is 1. The lowest BCUT2D eigenvalue weighted by atomic mass is 9.85. The first-order valence-electron chi connectivity index (χ1n) is 12.1. The van der Waals surface area contributed by atoms with Gasteiger partial charge in [-0.1, -0.05) is 17.7 Å². The van der Waals surface area contributed by atoms with E-state index in [1.54, 1.807) is 18.3 Å². The summed E-state index contributed by atoms with van der Waals surface area (Å²) >= 11 is 6.27. The molecule has 2 saturated carbocycles. The molecule has 2 aliphatic rings. The molecule has 1 amide bonds. The number of imidazole rings is 1. The average molecular weight is 502 g/mol. The normalized spacial score (nSPS) is 24.9. The molecule has 2 heterocycles. The van der Waals surface area contributed by atoms with Crippen LogP contribution in [-0.2, 0) is 4.79 Å². The third-order valence-electron chi connectivity index (χ3n) is 7.08. The lowest BCUT2D eigenvalue weighted by Crippen LogP contribution is -2.30. The van der Waals surface area contributed by atoms with Crippen LogP contribution in [0.5, 0.6) is 0 Å². The van der Waals surface area contributed by atoms with Gasteiger partial charge in [0.1, 0.15) is 11.3 Å². The molecule has 9 nitrogen and oxygen atoms in total. The molecule has 35 heavy (non-hydrogen) atoms. The maximum atomic E-state index is 14.6. The summed E-state index contributed by atoms with van der Waals surface area (Å²) in [5, 5.41) is 16.7. The van der Waals surface area contributed by atoms with Crippen molar-refractivity contribution in [2.45, 2.75) is 69.6 Å². The molecule has 5 N–H and O–H groups in total. The van der Waals surface area contributed by atoms with Crippen LogP contribution in [0.4, 0.5) is 22.0 Å². The van der Waals surface area contributed by atoms with Crippen molar-refractivity contribution >= 4 is 46.3 Å². The molecule has 0 unspecified atom stereocenters. The van der Waals surface area contributed by atoms with E-state index in [0.717, 1.165) is 19.3 Å². The highest BCUT2D eigenvalue weighted by atomic mass is 35.5. The van der Waals surface area contributed by atoms with Crippen LogP contribution in [-0.4, -0.2) is 42.7 Å². The van der Waals surface area contributed by atoms with Crippen molar-refractivity contribution in [1.82, 2.24) is 19.5 Å². The molecule has 0 bridgehead atoms. The largest absolute Gasteiger partial charge is 0.393 e. The molecule has 2 aromatic heterocycles. The van der Waals surface area contributed by atoms with E-state index in [9.17, 15) is 14.3 Å². The Morgan fingerprint density at radius 2 is 1.97 bits per heavy atom. The van der Waals surface area contributed by atoms with Crippen molar-refractivity contribution in [1.29, 1.82) is 0 Å². The van der Waals surface area contributed by atoms with Crippen molar-refractivity contribution in [2.75, 3.05) is 10.6 Å². The zero-order chi connectivity index (χ0) is 24.5. The third-order valence-corrected chi connectivity index (χ3v) is 7.39. The third kappa shape index (κ3) is 5.04. The van der Waals surface area contributed by atoms with Crippen LogP contribution in [0, 0.1) is 11.7 Å². The van der Waals surface area contributed by atoms with Gasteiger partial charge in [0, 0.05) is 18.0 Å². The number of nitrogens with two attached hydrogens (primary N) is 1. The molecule has 0 spiro atoms. The van der Waals surface area contributed by atoms with Crippen molar-refractivity contribution in [3.63, 3.8) is 0 Å². The molecular weight excluding hydrogens is 473 g/mol. The van der Waals surface area contributed by atoms with Crippen molar-refractivity contribution in [2.24, 2.45) is 11.7 Å². The SMILES string of the molecule is NC(=O)[C@H]1CC[C@@H](n2c(Nc3c(F)cccc3Cl)nc3cnc(N[C@@H]4CCC[C@H](O)C4)nc32)CC1. The molecular formula is C24H29ClFN7O2. The number of halogens is 2. The topological polar surface area (TPSA) is 131 Å². The predicted molar refractivity (Wildman–Crippen MR) is 132 cm³/mol. The Balaban J connectivity index is 1.51. The fraction of sp³-hybridized carbons (Fsp3) is 0.500. The maximum absolute atomic E-state index is 14.6. The van der Waals surface area contributed by atoms with Crippen molar-refractivity contribution in [3.05, 3.63) is 35.2 Å². The molecule has 2 aliphatic carbocycles. The van der Waals surface area contributed by atoms with Gasteiger partial charge >= 0.3 is 0 Å². The summed E-state index contributed by atoms with van der Waals surface area (Å²) in [4.78, 5) is 25.6. The van der Waals surface area contributed by atoms with Crippen molar-refractivity contribution in [3.8, 4) is 0 Å². The number of nitrogens with one attached hydrogen (secondary N) is 2. The van der Waals surface area contributed by atoms with Crippen LogP contribution < -0.4 is 16.4 Å². The standard InChI is InChI=1S/C24H29ClFN7O2/c25-17-5-2-6-18(26)20(17)31-24-30-19-12-28-23(29-14-3-1-4-16(34)11-14)32-22(19)33(24)15-9-7-13(8-10-15)21(27)35/h2,5-6,12-16,34H,1,3-4,7-11H2,(H2,27,35)(H,30,31)(H,28,29,32)/t13-,14-,15+,16+/m1/s1. The first-order chi connectivity index (χ1) is 16.9. The van der Waals surface area contributed by atoms with E-state index in [0.29, 0.717) is 55.2 Å². The van der Waals surface area contributed by atoms with Gasteiger partial charge in [0.25, 0.3) is 0 Å². The number of carbonyl (C=O) groups is 1. The number of aromatic nitrogens is 4. The van der Waals surface area contributed by atoms with Crippen LogP contribution in [0.25, 0.3) is 11.2 Å². The minimum absolute atomic E-state index is 0.0112. The van der Waals surface area contributed by atoms with Crippen molar-refractivity contribution < 1.29 is 14.3 Å². The fourth-order valence-electron chi connectivity index (χ4n) is 5.22. The van der Waals surface area contributed by atoms with Crippen LogP contribution in [0.3, 0.4) is 0 Å². The first-order valence-corrected chi connectivity index (χ1v) is 12.5. The molecule has 3 aromatic rings. The highest BCUT2D eigenvalue weighted by Gasteiger charge is 2.30. The van der Waals surface area contributed by atoms with E-state index >= 15 is 0 Å². The molecule has 11 heteroatoms. The summed E-state index contributed by atoms with van der Waals surface area (Å²) in [7, 11) is 0. The molecule has 0 radical (unpaired) electrons. The van der Waals surface area contributed by atoms with Crippen LogP contribution in [0.1, 0.15) is 57.4 Å². The summed E-state index contributed by atoms with van der Waals surface area (Å²) < 4.78 is 16.5. The number of hydrogen-bond donors (Lipinski definition) is 4. The second-order valence-corrected chi connectivity index (χ2v) is 9.91. The second kappa shape index (κ2) is 9.94. The van der Waals surface area contributed by atoms with Crippen LogP contribution in [0.15, 0.2) is 24.4 Å². The molecule has 1 aromatic carbocycles. The summed E-state index contributed by atoms with van der Waals surface area (Å²) in [6, 6.07) is 4.57. The van der Waals surface area contributed by atoms with Gasteiger partial charge in [-0.15, -0.1) is 0 Å². The molecule has 186 valence electrons. The highest BCUT2D eigenvalue weighted by Crippen LogP contribution is 2.38. The lowest BCUT2D eigenvalue weighted by Gasteiger charge is -2.29. The summed E-state index contributed by atoms with van der Waals surface area (Å²) in [5.41, 5.74) is 6.84. The number of primary amides is 1. The van der Waals surface area contributed by atoms with E-state index in [2.05, 4.69) is 20.6 Å². The molecule has 5 rings (SSSR count). The number of hydrogen-bond acceptors (Lipinski definition) is 7. The Morgan fingerprint density at radius 3 is 2.69 bits per heavy atom. The smallest absolute Gasteiger partial charge is 0.224 e. The fourth-order valence-corrected chi connectivity index (χ4v) is 5.43. The Kier molecular flexibility index (Phi) is 6.75. The Morgan fingerprint density at radius 1 is 1.17 bits per heavy atom. The number of aliphatic hydroxyl groups is 1. The minimum Gasteiger partial charge on any atom is -0.393 e. The van der Waals surface area contributed by atoms with E-state index in [1.807, 2.05) is 4.57 Å². The van der Waals surface area contributed by atoms with Gasteiger partial charge in [-0.05, 0) is 63.5 Å². The summed E-state index contributed by atoms with van der Waals surface area (Å²) in [6.45, 7) is 0. The Labute approximate surface area is 207 Å². The predicted octanol–water partition coefficient (Wildman–Crippen LogP) is 4.29. The summed E-state index contributed by atoms with van der Waals surface area (Å²) in [6.07, 6.45) is 7.41. The van der Waals surface area contributed by atoms with Gasteiger partial charge in [-0.3, -0.25) is 9.36 Å². The molecule has 0 saturated heterocycles. The number of aliphatic hydroxyl groups excluding tert-OH is 1.